The molecule has 1 aromatic carbocycles. The minimum atomic E-state index is -0.302. The molecule has 1 aromatic heterocycles. The Bertz CT molecular complexity index is 621. The molecule has 2 aromatic rings. The number of aliphatic hydroxyl groups excluding tert-OH is 1. The summed E-state index contributed by atoms with van der Waals surface area (Å²) in [6.45, 7) is 3.87. The van der Waals surface area contributed by atoms with Crippen LogP contribution in [0.5, 0.6) is 0 Å². The molecule has 2 N–H and O–H groups in total. The van der Waals surface area contributed by atoms with Gasteiger partial charge >= 0.3 is 0 Å². The van der Waals surface area contributed by atoms with Crippen molar-refractivity contribution in [1.29, 1.82) is 0 Å². The zero-order chi connectivity index (χ0) is 16.1. The Morgan fingerprint density at radius 1 is 1.41 bits per heavy atom. The van der Waals surface area contributed by atoms with Gasteiger partial charge in [-0.25, -0.2) is 4.98 Å². The number of nitrogens with one attached hydrogen (secondary N) is 1. The first-order valence-electron chi connectivity index (χ1n) is 7.01. The first-order chi connectivity index (χ1) is 10.6. The van der Waals surface area contributed by atoms with E-state index >= 15 is 0 Å². The highest BCUT2D eigenvalue weighted by Gasteiger charge is 2.23. The molecular formula is C16H20N2O3S. The van der Waals surface area contributed by atoms with Crippen LogP contribution in [-0.2, 0) is 0 Å². The molecule has 1 amide bonds. The Morgan fingerprint density at radius 3 is 2.68 bits per heavy atom. The number of oxazole rings is 1. The Kier molecular flexibility index (Phi) is 5.63. The number of aromatic nitrogens is 1. The van der Waals surface area contributed by atoms with E-state index in [-0.39, 0.29) is 29.5 Å². The summed E-state index contributed by atoms with van der Waals surface area (Å²) in [4.78, 5) is 16.4. The van der Waals surface area contributed by atoms with Crippen molar-refractivity contribution in [3.05, 3.63) is 41.9 Å². The molecule has 0 aliphatic heterocycles. The van der Waals surface area contributed by atoms with Gasteiger partial charge in [-0.05, 0) is 20.1 Å². The van der Waals surface area contributed by atoms with Crippen LogP contribution < -0.4 is 5.32 Å². The van der Waals surface area contributed by atoms with Crippen LogP contribution in [0.4, 0.5) is 0 Å². The largest absolute Gasteiger partial charge is 0.443 e. The fourth-order valence-corrected chi connectivity index (χ4v) is 2.75. The predicted molar refractivity (Wildman–Crippen MR) is 88.0 cm³/mol. The molecule has 5 nitrogen and oxygen atoms in total. The number of carbonyl (C=O) groups excluding carboxylic acids is 1. The topological polar surface area (TPSA) is 75.4 Å². The predicted octanol–water partition coefficient (Wildman–Crippen LogP) is 2.49. The number of aliphatic hydroxyl groups is 1. The Balaban J connectivity index is 2.18. The summed E-state index contributed by atoms with van der Waals surface area (Å²) in [6.07, 6.45) is 3.17. The molecule has 0 aliphatic carbocycles. The van der Waals surface area contributed by atoms with E-state index in [0.29, 0.717) is 5.76 Å². The van der Waals surface area contributed by atoms with Gasteiger partial charge in [0.05, 0.1) is 6.61 Å². The summed E-state index contributed by atoms with van der Waals surface area (Å²) in [7, 11) is 0. The van der Waals surface area contributed by atoms with Gasteiger partial charge in [0.25, 0.3) is 5.91 Å². The molecule has 0 bridgehead atoms. The maximum atomic E-state index is 12.4. The van der Waals surface area contributed by atoms with Gasteiger partial charge in [0.15, 0.2) is 17.8 Å². The average molecular weight is 320 g/mol. The van der Waals surface area contributed by atoms with Crippen molar-refractivity contribution in [2.75, 3.05) is 12.9 Å². The van der Waals surface area contributed by atoms with Crippen molar-refractivity contribution in [2.45, 2.75) is 25.1 Å². The van der Waals surface area contributed by atoms with Crippen LogP contribution in [0.2, 0.25) is 0 Å². The van der Waals surface area contributed by atoms with Crippen LogP contribution in [0.1, 0.15) is 23.0 Å². The SMILES string of the molecule is CSC(CO)C(C)NC(=O)c1ncoc1-c1ccc(C)cc1. The summed E-state index contributed by atoms with van der Waals surface area (Å²) in [5, 5.41) is 12.1. The molecule has 2 atom stereocenters. The minimum Gasteiger partial charge on any atom is -0.443 e. The van der Waals surface area contributed by atoms with Crippen LogP contribution in [-0.4, -0.2) is 40.2 Å². The lowest BCUT2D eigenvalue weighted by atomic mass is 10.1. The standard InChI is InChI=1S/C16H20N2O3S/c1-10-4-6-12(7-5-10)15-14(17-9-21-15)16(20)18-11(2)13(8-19)22-3/h4-7,9,11,13,19H,8H2,1-3H3,(H,18,20). The number of rotatable bonds is 6. The van der Waals surface area contributed by atoms with Crippen LogP contribution in [0.3, 0.4) is 0 Å². The zero-order valence-corrected chi connectivity index (χ0v) is 13.7. The first-order valence-corrected chi connectivity index (χ1v) is 8.30. The van der Waals surface area contributed by atoms with Gasteiger partial charge in [-0.2, -0.15) is 11.8 Å². The van der Waals surface area contributed by atoms with Gasteiger partial charge < -0.3 is 14.8 Å². The summed E-state index contributed by atoms with van der Waals surface area (Å²) in [5.41, 5.74) is 2.20. The number of aryl methyl sites for hydroxylation is 1. The van der Waals surface area contributed by atoms with Crippen molar-refractivity contribution in [2.24, 2.45) is 0 Å². The zero-order valence-electron chi connectivity index (χ0n) is 12.9. The van der Waals surface area contributed by atoms with Gasteiger partial charge in [0, 0.05) is 16.9 Å². The molecule has 2 unspecified atom stereocenters. The second-order valence-corrected chi connectivity index (χ2v) is 6.19. The van der Waals surface area contributed by atoms with Crippen LogP contribution in [0.15, 0.2) is 35.1 Å². The Morgan fingerprint density at radius 2 is 2.09 bits per heavy atom. The molecule has 0 radical (unpaired) electrons. The third-order valence-electron chi connectivity index (χ3n) is 3.50. The summed E-state index contributed by atoms with van der Waals surface area (Å²) < 4.78 is 5.38. The fourth-order valence-electron chi connectivity index (χ4n) is 2.12. The highest BCUT2D eigenvalue weighted by Crippen LogP contribution is 2.23. The molecule has 2 rings (SSSR count). The van der Waals surface area contributed by atoms with Crippen LogP contribution >= 0.6 is 11.8 Å². The molecule has 22 heavy (non-hydrogen) atoms. The molecule has 0 aliphatic rings. The quantitative estimate of drug-likeness (QED) is 0.855. The van der Waals surface area contributed by atoms with Crippen molar-refractivity contribution in [3.63, 3.8) is 0 Å². The Labute approximate surface area is 134 Å². The Hall–Kier alpha value is -1.79. The van der Waals surface area contributed by atoms with Gasteiger partial charge in [0.2, 0.25) is 0 Å². The number of amides is 1. The van der Waals surface area contributed by atoms with E-state index in [9.17, 15) is 9.90 Å². The fraction of sp³-hybridized carbons (Fsp3) is 0.375. The van der Waals surface area contributed by atoms with Crippen LogP contribution in [0.25, 0.3) is 11.3 Å². The van der Waals surface area contributed by atoms with Crippen molar-refractivity contribution >= 4 is 17.7 Å². The van der Waals surface area contributed by atoms with Crippen molar-refractivity contribution < 1.29 is 14.3 Å². The van der Waals surface area contributed by atoms with Gasteiger partial charge in [-0.15, -0.1) is 0 Å². The monoisotopic (exact) mass is 320 g/mol. The van der Waals surface area contributed by atoms with Crippen molar-refractivity contribution in [3.8, 4) is 11.3 Å². The maximum absolute atomic E-state index is 12.4. The third-order valence-corrected chi connectivity index (χ3v) is 4.66. The number of thioether (sulfide) groups is 1. The van der Waals surface area contributed by atoms with E-state index < -0.39 is 0 Å². The number of nitrogens with zero attached hydrogens (tertiary/aromatic N) is 1. The van der Waals surface area contributed by atoms with Gasteiger partial charge in [-0.3, -0.25) is 4.79 Å². The number of hydrogen-bond acceptors (Lipinski definition) is 5. The highest BCUT2D eigenvalue weighted by molar-refractivity contribution is 7.99. The third kappa shape index (κ3) is 3.69. The number of hydrogen-bond donors (Lipinski definition) is 2. The summed E-state index contributed by atoms with van der Waals surface area (Å²) in [5.74, 6) is 0.152. The lowest BCUT2D eigenvalue weighted by molar-refractivity contribution is 0.0931. The van der Waals surface area contributed by atoms with E-state index in [1.165, 1.54) is 18.2 Å². The molecule has 0 fully saturated rings. The van der Waals surface area contributed by atoms with E-state index in [1.54, 1.807) is 0 Å². The van der Waals surface area contributed by atoms with E-state index in [0.717, 1.165) is 11.1 Å². The van der Waals surface area contributed by atoms with Gasteiger partial charge in [-0.1, -0.05) is 29.8 Å². The number of benzene rings is 1. The first kappa shape index (κ1) is 16.6. The average Bonchev–Trinajstić information content (AvgIpc) is 2.98. The molecule has 118 valence electrons. The van der Waals surface area contributed by atoms with E-state index in [2.05, 4.69) is 10.3 Å². The number of carbonyl (C=O) groups is 1. The van der Waals surface area contributed by atoms with Gasteiger partial charge in [0.1, 0.15) is 0 Å². The van der Waals surface area contributed by atoms with E-state index in [1.807, 2.05) is 44.4 Å². The minimum absolute atomic E-state index is 0.00620. The van der Waals surface area contributed by atoms with E-state index in [4.69, 9.17) is 4.42 Å². The summed E-state index contributed by atoms with van der Waals surface area (Å²) in [6, 6.07) is 7.54. The van der Waals surface area contributed by atoms with Crippen LogP contribution in [0, 0.1) is 6.92 Å². The second kappa shape index (κ2) is 7.47. The molecule has 1 heterocycles. The second-order valence-electron chi connectivity index (χ2n) is 5.11. The lowest BCUT2D eigenvalue weighted by Gasteiger charge is -2.20. The lowest BCUT2D eigenvalue weighted by Crippen LogP contribution is -2.41. The maximum Gasteiger partial charge on any atom is 0.274 e. The normalized spacial score (nSPS) is 13.6. The summed E-state index contributed by atoms with van der Waals surface area (Å²) >= 11 is 1.51. The smallest absolute Gasteiger partial charge is 0.274 e. The van der Waals surface area contributed by atoms with Crippen molar-refractivity contribution in [1.82, 2.24) is 10.3 Å². The molecule has 0 spiro atoms. The highest BCUT2D eigenvalue weighted by atomic mass is 32.2. The molecule has 0 saturated carbocycles. The molecule has 6 heteroatoms. The molecular weight excluding hydrogens is 300 g/mol. The molecule has 0 saturated heterocycles.